The zero-order valence-corrected chi connectivity index (χ0v) is 52.2. The van der Waals surface area contributed by atoms with Crippen molar-refractivity contribution in [2.75, 3.05) is 37.7 Å². The Balaban J connectivity index is 1.23. The fourth-order valence-corrected chi connectivity index (χ4v) is 10.5. The van der Waals surface area contributed by atoms with Gasteiger partial charge >= 0.3 is 0 Å². The van der Waals surface area contributed by atoms with Crippen LogP contribution in [0, 0.1) is 11.8 Å². The summed E-state index contributed by atoms with van der Waals surface area (Å²) < 4.78 is 0. The van der Waals surface area contributed by atoms with Gasteiger partial charge in [-0.2, -0.15) is 0 Å². The third-order valence-corrected chi connectivity index (χ3v) is 15.8. The quantitative estimate of drug-likeness (QED) is 0.0220. The summed E-state index contributed by atoms with van der Waals surface area (Å²) in [5, 5.41) is 45.8. The second kappa shape index (κ2) is 38.2. The van der Waals surface area contributed by atoms with Gasteiger partial charge in [-0.25, -0.2) is 0 Å². The van der Waals surface area contributed by atoms with Gasteiger partial charge in [-0.3, -0.25) is 47.9 Å². The number of nitrogens with one attached hydrogen (secondary N) is 10. The monoisotopic (exact) mass is 1250 g/mol. The largest absolute Gasteiger partial charge is 0.508 e. The van der Waals surface area contributed by atoms with Crippen LogP contribution in [-0.2, 0) is 73.6 Å². The van der Waals surface area contributed by atoms with E-state index < -0.39 is 120 Å². The summed E-state index contributed by atoms with van der Waals surface area (Å²) >= 11 is 0. The van der Waals surface area contributed by atoms with Gasteiger partial charge in [0.05, 0.1) is 25.2 Å². The molecule has 4 rings (SSSR count). The number of amides is 10. The Morgan fingerprint density at radius 1 is 0.375 bits per heavy atom. The highest BCUT2D eigenvalue weighted by Gasteiger charge is 2.31. The van der Waals surface area contributed by atoms with Crippen LogP contribution in [0.3, 0.4) is 0 Å². The fourth-order valence-electron chi connectivity index (χ4n) is 8.73. The molecule has 0 heterocycles. The second-order valence-electron chi connectivity index (χ2n) is 22.1. The molecule has 0 aliphatic carbocycles. The highest BCUT2D eigenvalue weighted by atomic mass is 33.1. The maximum atomic E-state index is 13.9. The van der Waals surface area contributed by atoms with Crippen molar-refractivity contribution in [3.63, 3.8) is 0 Å². The van der Waals surface area contributed by atoms with Crippen LogP contribution in [0.25, 0.3) is 0 Å². The number of phenols is 2. The molecular weight excluding hydrogens is 1170 g/mol. The van der Waals surface area contributed by atoms with Crippen LogP contribution >= 0.6 is 21.6 Å². The van der Waals surface area contributed by atoms with Gasteiger partial charge < -0.3 is 74.8 Å². The second-order valence-corrected chi connectivity index (χ2v) is 24.8. The lowest BCUT2D eigenvalue weighted by molar-refractivity contribution is -0.133. The topological polar surface area (TPSA) is 383 Å². The smallest absolute Gasteiger partial charge is 0.243 e. The molecule has 24 nitrogen and oxygen atoms in total. The molecule has 88 heavy (non-hydrogen) atoms. The van der Waals surface area contributed by atoms with E-state index in [1.54, 1.807) is 84.9 Å². The number of carbonyl (C=O) groups excluding carboxylic acids is 10. The molecule has 26 heteroatoms. The number of rotatable bonds is 37. The van der Waals surface area contributed by atoms with Crippen LogP contribution in [-0.4, -0.2) is 155 Å². The van der Waals surface area contributed by atoms with Gasteiger partial charge in [0, 0.05) is 37.4 Å². The van der Waals surface area contributed by atoms with Crippen molar-refractivity contribution >= 4 is 80.7 Å². The highest BCUT2D eigenvalue weighted by Crippen LogP contribution is 2.20. The molecule has 16 N–H and O–H groups in total. The molecule has 4 aromatic rings. The zero-order chi connectivity index (χ0) is 64.7. The molecule has 8 unspecified atom stereocenters. The molecule has 0 aromatic heterocycles. The molecule has 0 aliphatic rings. The number of hydrogen-bond acceptors (Lipinski definition) is 16. The van der Waals surface area contributed by atoms with E-state index in [4.69, 9.17) is 11.5 Å². The van der Waals surface area contributed by atoms with Crippen molar-refractivity contribution < 1.29 is 58.2 Å². The molecule has 4 aromatic carbocycles. The molecule has 0 fully saturated rings. The van der Waals surface area contributed by atoms with Crippen LogP contribution in [0.1, 0.15) is 76.6 Å². The first-order chi connectivity index (χ1) is 41.9. The van der Waals surface area contributed by atoms with Gasteiger partial charge in [0.1, 0.15) is 47.8 Å². The summed E-state index contributed by atoms with van der Waals surface area (Å²) in [6.45, 7) is 9.92. The summed E-state index contributed by atoms with van der Waals surface area (Å²) in [4.78, 5) is 133. The normalized spacial score (nSPS) is 13.8. The SMILES string of the molecule is CC(C)CC(NC(=O)C(Cc1ccccc1)NC(=O)CNC(=O)C(C)NC(=O)C(N)Cc1ccc(O)cc1)C(=O)NCCSSCCNC(=O)C(CC(C)C)NC(=O)C(Cc1ccccc1)NC(=O)CNC(=O)C(C)NC(=O)C(N)Cc1ccc(O)cc1. The Morgan fingerprint density at radius 2 is 0.705 bits per heavy atom. The first-order valence-corrected chi connectivity index (χ1v) is 31.7. The Hall–Kier alpha value is -8.20. The number of benzene rings is 4. The Labute approximate surface area is 521 Å². The Morgan fingerprint density at radius 3 is 1.03 bits per heavy atom. The first kappa shape index (κ1) is 72.3. The lowest BCUT2D eigenvalue weighted by atomic mass is 10.0. The molecule has 0 radical (unpaired) electrons. The first-order valence-electron chi connectivity index (χ1n) is 29.2. The molecule has 0 saturated carbocycles. The number of phenolic OH excluding ortho intramolecular Hbond substituents is 2. The van der Waals surface area contributed by atoms with E-state index >= 15 is 0 Å². The van der Waals surface area contributed by atoms with Gasteiger partial charge in [0.25, 0.3) is 0 Å². The summed E-state index contributed by atoms with van der Waals surface area (Å²) in [6.07, 6.45) is 1.02. The molecular formula is C62H86N12O12S2. The van der Waals surface area contributed by atoms with Crippen molar-refractivity contribution in [3.8, 4) is 11.5 Å². The molecule has 8 atom stereocenters. The minimum absolute atomic E-state index is 0.00959. The van der Waals surface area contributed by atoms with Gasteiger partial charge in [-0.05, 0) is 97.9 Å². The van der Waals surface area contributed by atoms with Crippen molar-refractivity contribution in [1.82, 2.24) is 53.2 Å². The number of nitrogens with two attached hydrogens (primary N) is 2. The summed E-state index contributed by atoms with van der Waals surface area (Å²) in [7, 11) is 2.90. The molecule has 0 saturated heterocycles. The van der Waals surface area contributed by atoms with Gasteiger partial charge in [0.15, 0.2) is 0 Å². The Kier molecular flexibility index (Phi) is 31.3. The summed E-state index contributed by atoms with van der Waals surface area (Å²) in [5.41, 5.74) is 15.0. The lowest BCUT2D eigenvalue weighted by Crippen LogP contribution is -2.56. The van der Waals surface area contributed by atoms with E-state index in [0.717, 1.165) is 11.1 Å². The van der Waals surface area contributed by atoms with E-state index in [1.165, 1.54) is 59.7 Å². The van der Waals surface area contributed by atoms with Crippen molar-refractivity contribution in [2.45, 2.75) is 128 Å². The minimum atomic E-state index is -1.14. The minimum Gasteiger partial charge on any atom is -0.508 e. The molecule has 0 bridgehead atoms. The van der Waals surface area contributed by atoms with E-state index in [-0.39, 0.29) is 74.9 Å². The van der Waals surface area contributed by atoms with E-state index in [0.29, 0.717) is 22.6 Å². The average Bonchev–Trinajstić information content (AvgIpc) is 3.60. The molecule has 0 spiro atoms. The lowest BCUT2D eigenvalue weighted by Gasteiger charge is -2.25. The predicted molar refractivity (Wildman–Crippen MR) is 339 cm³/mol. The molecule has 10 amide bonds. The third-order valence-electron chi connectivity index (χ3n) is 13.4. The summed E-state index contributed by atoms with van der Waals surface area (Å²) in [6, 6.07) is 22.0. The number of hydrogen-bond donors (Lipinski definition) is 14. The van der Waals surface area contributed by atoms with Crippen molar-refractivity contribution in [1.29, 1.82) is 0 Å². The van der Waals surface area contributed by atoms with Gasteiger partial charge in [-0.1, -0.05) is 134 Å². The van der Waals surface area contributed by atoms with Gasteiger partial charge in [0.2, 0.25) is 59.1 Å². The van der Waals surface area contributed by atoms with Gasteiger partial charge in [-0.15, -0.1) is 0 Å². The average molecular weight is 1260 g/mol. The van der Waals surface area contributed by atoms with Crippen LogP contribution in [0.5, 0.6) is 11.5 Å². The van der Waals surface area contributed by atoms with E-state index in [1.807, 2.05) is 27.7 Å². The molecule has 478 valence electrons. The fraction of sp³-hybridized carbons (Fsp3) is 0.452. The van der Waals surface area contributed by atoms with E-state index in [2.05, 4.69) is 53.2 Å². The highest BCUT2D eigenvalue weighted by molar-refractivity contribution is 8.76. The number of aromatic hydroxyl groups is 2. The van der Waals surface area contributed by atoms with Crippen molar-refractivity contribution in [3.05, 3.63) is 131 Å². The van der Waals surface area contributed by atoms with Crippen LogP contribution in [0.2, 0.25) is 0 Å². The number of carbonyl (C=O) groups is 10. The maximum absolute atomic E-state index is 13.9. The van der Waals surface area contributed by atoms with Crippen LogP contribution in [0.15, 0.2) is 109 Å². The van der Waals surface area contributed by atoms with Crippen LogP contribution in [0.4, 0.5) is 0 Å². The summed E-state index contributed by atoms with van der Waals surface area (Å²) in [5.74, 6) is -4.94. The van der Waals surface area contributed by atoms with E-state index in [9.17, 15) is 58.2 Å². The standard InChI is InChI=1S/C62H86N12O12S2/c1-37(2)29-49(73-61(85)51(33-41-13-9-7-10-14-41)71-53(77)35-67-55(79)39(5)69-57(81)47(63)31-43-17-21-45(75)22-18-43)59(83)65-25-27-87-88-28-26-66-60(84)50(30-38(3)4)74-62(86)52(34-42-15-11-8-12-16-42)72-54(78)36-68-56(80)40(6)70-58(82)48(64)32-44-19-23-46(76)24-20-44/h7-24,37-40,47-52,75-76H,25-36,63-64H2,1-6H3,(H,65,83)(H,66,84)(H,67,79)(H,68,80)(H,69,81)(H,70,82)(H,71,77)(H,72,78)(H,73,85)(H,74,86). The predicted octanol–water partition coefficient (Wildman–Crippen LogP) is 0.910. The van der Waals surface area contributed by atoms with Crippen molar-refractivity contribution in [2.24, 2.45) is 23.3 Å². The van der Waals surface area contributed by atoms with Crippen LogP contribution < -0.4 is 64.6 Å². The third kappa shape index (κ3) is 27.7. The molecule has 0 aliphatic heterocycles. The Bertz CT molecular complexity index is 2720. The maximum Gasteiger partial charge on any atom is 0.243 e. The zero-order valence-electron chi connectivity index (χ0n) is 50.6.